The molecule has 0 bridgehead atoms. The molecule has 106 valence electrons. The van der Waals surface area contributed by atoms with Crippen LogP contribution in [0.2, 0.25) is 5.02 Å². The summed E-state index contributed by atoms with van der Waals surface area (Å²) < 4.78 is 11.0. The Balaban J connectivity index is 2.24. The van der Waals surface area contributed by atoms with Gasteiger partial charge in [-0.3, -0.25) is 0 Å². The van der Waals surface area contributed by atoms with Crippen molar-refractivity contribution >= 4 is 23.2 Å². The van der Waals surface area contributed by atoms with E-state index in [4.69, 9.17) is 32.7 Å². The lowest BCUT2D eigenvalue weighted by Crippen LogP contribution is -2.22. The predicted octanol–water partition coefficient (Wildman–Crippen LogP) is 4.69. The normalized spacial score (nSPS) is 32.3. The van der Waals surface area contributed by atoms with Crippen LogP contribution in [0.4, 0.5) is 0 Å². The molecular formula is C15H20Cl2O2. The SMILES string of the molecule is COc1ccc(C(Cl)C2C(C)OC(C)C2C)cc1Cl. The molecule has 5 atom stereocenters. The highest BCUT2D eigenvalue weighted by atomic mass is 35.5. The fraction of sp³-hybridized carbons (Fsp3) is 0.600. The first kappa shape index (κ1) is 15.0. The van der Waals surface area contributed by atoms with Gasteiger partial charge in [0.05, 0.1) is 29.7 Å². The molecule has 0 amide bonds. The summed E-state index contributed by atoms with van der Waals surface area (Å²) in [6.45, 7) is 6.39. The predicted molar refractivity (Wildman–Crippen MR) is 79.3 cm³/mol. The Kier molecular flexibility index (Phi) is 4.65. The van der Waals surface area contributed by atoms with Gasteiger partial charge >= 0.3 is 0 Å². The third kappa shape index (κ3) is 2.86. The van der Waals surface area contributed by atoms with E-state index < -0.39 is 0 Å². The molecule has 2 rings (SSSR count). The number of halogens is 2. The maximum absolute atomic E-state index is 6.66. The van der Waals surface area contributed by atoms with Crippen molar-refractivity contribution in [2.24, 2.45) is 11.8 Å². The van der Waals surface area contributed by atoms with Crippen LogP contribution in [0, 0.1) is 11.8 Å². The summed E-state index contributed by atoms with van der Waals surface area (Å²) in [7, 11) is 1.61. The van der Waals surface area contributed by atoms with Gasteiger partial charge in [-0.15, -0.1) is 11.6 Å². The number of ether oxygens (including phenoxy) is 2. The second-order valence-corrected chi connectivity index (χ2v) is 6.16. The fourth-order valence-corrected chi connectivity index (χ4v) is 3.71. The van der Waals surface area contributed by atoms with Gasteiger partial charge in [0.2, 0.25) is 0 Å². The molecule has 1 aromatic rings. The maximum atomic E-state index is 6.66. The molecule has 5 unspecified atom stereocenters. The molecule has 4 heteroatoms. The Hall–Kier alpha value is -0.440. The van der Waals surface area contributed by atoms with Gasteiger partial charge in [-0.2, -0.15) is 0 Å². The zero-order valence-corrected chi connectivity index (χ0v) is 13.2. The van der Waals surface area contributed by atoms with E-state index in [2.05, 4.69) is 20.8 Å². The van der Waals surface area contributed by atoms with Crippen LogP contribution in [0.5, 0.6) is 5.75 Å². The van der Waals surface area contributed by atoms with Gasteiger partial charge < -0.3 is 9.47 Å². The van der Waals surface area contributed by atoms with E-state index in [0.717, 1.165) is 5.56 Å². The molecule has 1 aliphatic rings. The van der Waals surface area contributed by atoms with Crippen LogP contribution < -0.4 is 4.74 Å². The van der Waals surface area contributed by atoms with E-state index in [1.54, 1.807) is 7.11 Å². The largest absolute Gasteiger partial charge is 0.495 e. The summed E-state index contributed by atoms with van der Waals surface area (Å²) in [6.07, 6.45) is 0.406. The van der Waals surface area contributed by atoms with E-state index in [1.165, 1.54) is 0 Å². The first-order valence-electron chi connectivity index (χ1n) is 6.58. The highest BCUT2D eigenvalue weighted by Crippen LogP contribution is 2.44. The van der Waals surface area contributed by atoms with Crippen molar-refractivity contribution in [3.63, 3.8) is 0 Å². The molecule has 1 aliphatic heterocycles. The Bertz CT molecular complexity index is 450. The first-order valence-corrected chi connectivity index (χ1v) is 7.40. The van der Waals surface area contributed by atoms with Crippen LogP contribution in [-0.4, -0.2) is 19.3 Å². The maximum Gasteiger partial charge on any atom is 0.137 e. The van der Waals surface area contributed by atoms with Crippen molar-refractivity contribution in [2.75, 3.05) is 7.11 Å². The van der Waals surface area contributed by atoms with Gasteiger partial charge in [0, 0.05) is 5.92 Å². The summed E-state index contributed by atoms with van der Waals surface area (Å²) in [5.41, 5.74) is 1.02. The minimum Gasteiger partial charge on any atom is -0.495 e. The van der Waals surface area contributed by atoms with E-state index in [9.17, 15) is 0 Å². The lowest BCUT2D eigenvalue weighted by Gasteiger charge is -2.24. The topological polar surface area (TPSA) is 18.5 Å². The third-order valence-corrected chi connectivity index (χ3v) is 4.99. The summed E-state index contributed by atoms with van der Waals surface area (Å²) in [6, 6.07) is 5.73. The molecule has 1 saturated heterocycles. The van der Waals surface area contributed by atoms with E-state index in [0.29, 0.717) is 22.6 Å². The van der Waals surface area contributed by atoms with Gasteiger partial charge in [-0.1, -0.05) is 24.6 Å². The van der Waals surface area contributed by atoms with Crippen molar-refractivity contribution < 1.29 is 9.47 Å². The van der Waals surface area contributed by atoms with Crippen molar-refractivity contribution in [3.05, 3.63) is 28.8 Å². The molecule has 0 aliphatic carbocycles. The standard InChI is InChI=1S/C15H20Cl2O2/c1-8-9(2)19-10(3)14(8)15(17)11-5-6-13(18-4)12(16)7-11/h5-10,14-15H,1-4H3. The molecule has 0 radical (unpaired) electrons. The molecule has 0 saturated carbocycles. The zero-order valence-electron chi connectivity index (χ0n) is 11.7. The molecule has 19 heavy (non-hydrogen) atoms. The highest BCUT2D eigenvalue weighted by Gasteiger charge is 2.41. The summed E-state index contributed by atoms with van der Waals surface area (Å²) >= 11 is 12.8. The van der Waals surface area contributed by atoms with Crippen LogP contribution in [0.1, 0.15) is 31.7 Å². The van der Waals surface area contributed by atoms with E-state index in [-0.39, 0.29) is 17.6 Å². The average molecular weight is 303 g/mol. The van der Waals surface area contributed by atoms with Crippen LogP contribution in [0.3, 0.4) is 0 Å². The van der Waals surface area contributed by atoms with Gasteiger partial charge in [-0.25, -0.2) is 0 Å². The lowest BCUT2D eigenvalue weighted by molar-refractivity contribution is 0.0508. The van der Waals surface area contributed by atoms with Crippen LogP contribution in [-0.2, 0) is 4.74 Å². The van der Waals surface area contributed by atoms with Gasteiger partial charge in [0.25, 0.3) is 0 Å². The van der Waals surface area contributed by atoms with Crippen LogP contribution in [0.15, 0.2) is 18.2 Å². The van der Waals surface area contributed by atoms with Crippen molar-refractivity contribution in [1.29, 1.82) is 0 Å². The second-order valence-electron chi connectivity index (χ2n) is 5.28. The zero-order chi connectivity index (χ0) is 14.2. The Morgan fingerprint density at radius 3 is 2.37 bits per heavy atom. The number of methoxy groups -OCH3 is 1. The molecule has 0 N–H and O–H groups in total. The minimum absolute atomic E-state index is 0.0987. The van der Waals surface area contributed by atoms with Gasteiger partial charge in [0.1, 0.15) is 5.75 Å². The smallest absolute Gasteiger partial charge is 0.137 e. The van der Waals surface area contributed by atoms with E-state index >= 15 is 0 Å². The number of alkyl halides is 1. The highest BCUT2D eigenvalue weighted by molar-refractivity contribution is 6.32. The van der Waals surface area contributed by atoms with E-state index in [1.807, 2.05) is 18.2 Å². The molecule has 1 aromatic carbocycles. The lowest BCUT2D eigenvalue weighted by atomic mass is 9.84. The second kappa shape index (κ2) is 5.90. The van der Waals surface area contributed by atoms with Crippen molar-refractivity contribution in [3.8, 4) is 5.75 Å². The Morgan fingerprint density at radius 1 is 1.21 bits per heavy atom. The van der Waals surface area contributed by atoms with Gasteiger partial charge in [-0.05, 0) is 37.5 Å². The molecule has 0 aromatic heterocycles. The Morgan fingerprint density at radius 2 is 1.89 bits per heavy atom. The first-order chi connectivity index (χ1) is 8.95. The molecule has 2 nitrogen and oxygen atoms in total. The van der Waals surface area contributed by atoms with Gasteiger partial charge in [0.15, 0.2) is 0 Å². The molecule has 1 heterocycles. The van der Waals surface area contributed by atoms with Crippen molar-refractivity contribution in [2.45, 2.75) is 38.4 Å². The van der Waals surface area contributed by atoms with Crippen molar-refractivity contribution in [1.82, 2.24) is 0 Å². The summed E-state index contributed by atoms with van der Waals surface area (Å²) in [4.78, 5) is 0. The molecule has 1 fully saturated rings. The third-order valence-electron chi connectivity index (χ3n) is 4.15. The average Bonchev–Trinajstić information content (AvgIpc) is 2.62. The number of hydrogen-bond donors (Lipinski definition) is 0. The van der Waals surface area contributed by atoms with Crippen LogP contribution >= 0.6 is 23.2 Å². The quantitative estimate of drug-likeness (QED) is 0.754. The minimum atomic E-state index is -0.0987. The number of hydrogen-bond acceptors (Lipinski definition) is 2. The van der Waals surface area contributed by atoms with Crippen LogP contribution in [0.25, 0.3) is 0 Å². The monoisotopic (exact) mass is 302 g/mol. The fourth-order valence-electron chi connectivity index (χ4n) is 2.87. The molecule has 0 spiro atoms. The summed E-state index contributed by atoms with van der Waals surface area (Å²) in [5, 5.41) is 0.497. The summed E-state index contributed by atoms with van der Waals surface area (Å²) in [5.74, 6) is 1.39. The Labute approximate surface area is 125 Å². The number of benzene rings is 1. The molecular weight excluding hydrogens is 283 g/mol. The number of rotatable bonds is 3.